The molecule has 1 heterocycles. The molecule has 8 nitrogen and oxygen atoms in total. The van der Waals surface area contributed by atoms with E-state index in [1.807, 2.05) is 31.2 Å². The minimum Gasteiger partial charge on any atom is -0.497 e. The second-order valence-corrected chi connectivity index (χ2v) is 9.30. The Morgan fingerprint density at radius 2 is 1.87 bits per heavy atom. The highest BCUT2D eigenvalue weighted by atomic mass is 35.5. The van der Waals surface area contributed by atoms with Gasteiger partial charge in [0, 0.05) is 13.1 Å². The van der Waals surface area contributed by atoms with Crippen LogP contribution < -0.4 is 14.8 Å². The van der Waals surface area contributed by atoms with Gasteiger partial charge in [-0.25, -0.2) is 8.42 Å². The standard InChI is InChI=1S/C21H25ClN2O6S/c1-15(16-3-5-17(28-2)6-4-16)23-21(25)14-30-20-8-7-18(13-19(20)22)31(26,27)24-9-11-29-12-10-24/h3-8,13,15H,9-12,14H2,1-2H3,(H,23,25)/t15-/m0/s1. The van der Waals surface area contributed by atoms with Gasteiger partial charge in [-0.3, -0.25) is 4.79 Å². The Morgan fingerprint density at radius 1 is 1.19 bits per heavy atom. The Morgan fingerprint density at radius 3 is 2.48 bits per heavy atom. The van der Waals surface area contributed by atoms with Crippen LogP contribution in [0.5, 0.6) is 11.5 Å². The number of nitrogens with one attached hydrogen (secondary N) is 1. The van der Waals surface area contributed by atoms with Crippen molar-refractivity contribution in [3.8, 4) is 11.5 Å². The molecule has 0 unspecified atom stereocenters. The van der Waals surface area contributed by atoms with Crippen LogP contribution in [0.3, 0.4) is 0 Å². The van der Waals surface area contributed by atoms with Gasteiger partial charge in [0.2, 0.25) is 10.0 Å². The Bertz CT molecular complexity index is 1010. The summed E-state index contributed by atoms with van der Waals surface area (Å²) in [6.07, 6.45) is 0. The van der Waals surface area contributed by atoms with Crippen molar-refractivity contribution >= 4 is 27.5 Å². The van der Waals surface area contributed by atoms with Crippen LogP contribution in [0.2, 0.25) is 5.02 Å². The minimum absolute atomic E-state index is 0.0735. The molecule has 1 saturated heterocycles. The summed E-state index contributed by atoms with van der Waals surface area (Å²) in [4.78, 5) is 12.3. The Hall–Kier alpha value is -2.33. The number of methoxy groups -OCH3 is 1. The molecule has 168 valence electrons. The number of ether oxygens (including phenoxy) is 3. The maximum atomic E-state index is 12.7. The number of hydrogen-bond acceptors (Lipinski definition) is 6. The lowest BCUT2D eigenvalue weighted by Gasteiger charge is -2.26. The molecule has 2 aromatic carbocycles. The molecule has 1 fully saturated rings. The van der Waals surface area contributed by atoms with E-state index in [2.05, 4.69) is 5.32 Å². The molecule has 0 spiro atoms. The van der Waals surface area contributed by atoms with Crippen LogP contribution in [0.1, 0.15) is 18.5 Å². The first kappa shape index (κ1) is 23.3. The Labute approximate surface area is 187 Å². The Kier molecular flexibility index (Phi) is 7.77. The number of nitrogens with zero attached hydrogens (tertiary/aromatic N) is 1. The summed E-state index contributed by atoms with van der Waals surface area (Å²) in [5.74, 6) is 0.638. The molecule has 0 aliphatic carbocycles. The zero-order valence-electron chi connectivity index (χ0n) is 17.3. The van der Waals surface area contributed by atoms with Gasteiger partial charge in [-0.2, -0.15) is 4.31 Å². The summed E-state index contributed by atoms with van der Waals surface area (Å²) in [6, 6.07) is 11.4. The van der Waals surface area contributed by atoms with Crippen LogP contribution in [0.4, 0.5) is 0 Å². The summed E-state index contributed by atoms with van der Waals surface area (Å²) in [6.45, 7) is 2.92. The van der Waals surface area contributed by atoms with Crippen LogP contribution >= 0.6 is 11.6 Å². The number of halogens is 1. The highest BCUT2D eigenvalue weighted by Crippen LogP contribution is 2.29. The molecular weight excluding hydrogens is 444 g/mol. The van der Waals surface area contributed by atoms with Crippen LogP contribution in [-0.2, 0) is 19.6 Å². The molecule has 3 rings (SSSR count). The molecular formula is C21H25ClN2O6S. The van der Waals surface area contributed by atoms with Gasteiger partial charge in [0.25, 0.3) is 5.91 Å². The molecule has 0 aromatic heterocycles. The highest BCUT2D eigenvalue weighted by Gasteiger charge is 2.27. The van der Waals surface area contributed by atoms with Crippen molar-refractivity contribution in [3.63, 3.8) is 0 Å². The quantitative estimate of drug-likeness (QED) is 0.640. The monoisotopic (exact) mass is 468 g/mol. The summed E-state index contributed by atoms with van der Waals surface area (Å²) in [5, 5.41) is 2.96. The van der Waals surface area contributed by atoms with Crippen molar-refractivity contribution < 1.29 is 27.4 Å². The fraction of sp³-hybridized carbons (Fsp3) is 0.381. The number of hydrogen-bond donors (Lipinski definition) is 1. The van der Waals surface area contributed by atoms with Crippen LogP contribution in [0.25, 0.3) is 0 Å². The van der Waals surface area contributed by atoms with Crippen molar-refractivity contribution in [2.75, 3.05) is 40.0 Å². The molecule has 1 N–H and O–H groups in total. The SMILES string of the molecule is COc1ccc([C@H](C)NC(=O)COc2ccc(S(=O)(=O)N3CCOCC3)cc2Cl)cc1. The minimum atomic E-state index is -3.66. The molecule has 0 saturated carbocycles. The predicted octanol–water partition coefficient (Wildman–Crippen LogP) is 2.63. The number of carbonyl (C=O) groups excluding carboxylic acids is 1. The lowest BCUT2D eigenvalue weighted by Crippen LogP contribution is -2.40. The fourth-order valence-electron chi connectivity index (χ4n) is 3.10. The van der Waals surface area contributed by atoms with E-state index >= 15 is 0 Å². The molecule has 0 radical (unpaired) electrons. The van der Waals surface area contributed by atoms with E-state index in [-0.39, 0.29) is 34.2 Å². The first-order valence-electron chi connectivity index (χ1n) is 9.75. The first-order chi connectivity index (χ1) is 14.8. The zero-order valence-corrected chi connectivity index (χ0v) is 18.9. The summed E-state index contributed by atoms with van der Waals surface area (Å²) < 4.78 is 42.6. The topological polar surface area (TPSA) is 94.2 Å². The third-order valence-corrected chi connectivity index (χ3v) is 7.05. The van der Waals surface area contributed by atoms with E-state index in [1.165, 1.54) is 22.5 Å². The van der Waals surface area contributed by atoms with Crippen molar-refractivity contribution in [2.45, 2.75) is 17.9 Å². The largest absolute Gasteiger partial charge is 0.497 e. The number of sulfonamides is 1. The van der Waals surface area contributed by atoms with E-state index in [1.54, 1.807) is 7.11 Å². The zero-order chi connectivity index (χ0) is 22.4. The van der Waals surface area contributed by atoms with E-state index < -0.39 is 10.0 Å². The smallest absolute Gasteiger partial charge is 0.258 e. The molecule has 31 heavy (non-hydrogen) atoms. The van der Waals surface area contributed by atoms with Gasteiger partial charge < -0.3 is 19.5 Å². The second kappa shape index (κ2) is 10.3. The van der Waals surface area contributed by atoms with Crippen molar-refractivity contribution in [3.05, 3.63) is 53.1 Å². The molecule has 1 aliphatic heterocycles. The lowest BCUT2D eigenvalue weighted by atomic mass is 10.1. The average Bonchev–Trinajstić information content (AvgIpc) is 2.78. The number of rotatable bonds is 8. The first-order valence-corrected chi connectivity index (χ1v) is 11.6. The van der Waals surface area contributed by atoms with Gasteiger partial charge in [-0.1, -0.05) is 23.7 Å². The van der Waals surface area contributed by atoms with Gasteiger partial charge in [0.05, 0.1) is 36.3 Å². The summed E-state index contributed by atoms with van der Waals surface area (Å²) >= 11 is 6.21. The molecule has 10 heteroatoms. The van der Waals surface area contributed by atoms with E-state index in [0.29, 0.717) is 26.3 Å². The maximum absolute atomic E-state index is 12.7. The van der Waals surface area contributed by atoms with Gasteiger partial charge in [0.1, 0.15) is 11.5 Å². The van der Waals surface area contributed by atoms with Gasteiger partial charge in [-0.05, 0) is 42.8 Å². The van der Waals surface area contributed by atoms with E-state index in [9.17, 15) is 13.2 Å². The molecule has 1 atom stereocenters. The number of morpholine rings is 1. The van der Waals surface area contributed by atoms with Crippen LogP contribution in [0.15, 0.2) is 47.4 Å². The van der Waals surface area contributed by atoms with Crippen LogP contribution in [-0.4, -0.2) is 58.7 Å². The third kappa shape index (κ3) is 5.88. The van der Waals surface area contributed by atoms with Crippen molar-refractivity contribution in [1.29, 1.82) is 0 Å². The number of amides is 1. The van der Waals surface area contributed by atoms with Gasteiger partial charge >= 0.3 is 0 Å². The van der Waals surface area contributed by atoms with Gasteiger partial charge in [-0.15, -0.1) is 0 Å². The number of benzene rings is 2. The second-order valence-electron chi connectivity index (χ2n) is 6.96. The normalized spacial score (nSPS) is 15.8. The summed E-state index contributed by atoms with van der Waals surface area (Å²) in [5.41, 5.74) is 0.921. The lowest BCUT2D eigenvalue weighted by molar-refractivity contribution is -0.123. The highest BCUT2D eigenvalue weighted by molar-refractivity contribution is 7.89. The van der Waals surface area contributed by atoms with E-state index in [0.717, 1.165) is 11.3 Å². The van der Waals surface area contributed by atoms with E-state index in [4.69, 9.17) is 25.8 Å². The number of carbonyl (C=O) groups is 1. The average molecular weight is 469 g/mol. The molecule has 0 bridgehead atoms. The summed E-state index contributed by atoms with van der Waals surface area (Å²) in [7, 11) is -2.07. The Balaban J connectivity index is 1.58. The van der Waals surface area contributed by atoms with Crippen molar-refractivity contribution in [2.24, 2.45) is 0 Å². The van der Waals surface area contributed by atoms with Crippen molar-refractivity contribution in [1.82, 2.24) is 9.62 Å². The van der Waals surface area contributed by atoms with Gasteiger partial charge in [0.15, 0.2) is 6.61 Å². The molecule has 1 amide bonds. The maximum Gasteiger partial charge on any atom is 0.258 e. The fourth-order valence-corrected chi connectivity index (χ4v) is 4.83. The predicted molar refractivity (Wildman–Crippen MR) is 116 cm³/mol. The molecule has 1 aliphatic rings. The van der Waals surface area contributed by atoms with Crippen LogP contribution in [0, 0.1) is 0 Å². The molecule has 2 aromatic rings. The third-order valence-electron chi connectivity index (χ3n) is 4.86.